The van der Waals surface area contributed by atoms with Gasteiger partial charge in [-0.2, -0.15) is 13.2 Å². The molecule has 6 nitrogen and oxygen atoms in total. The Bertz CT molecular complexity index is 546. The fraction of sp³-hybridized carbons (Fsp3) is 0.944. The fourth-order valence-electron chi connectivity index (χ4n) is 3.03. The molecule has 1 heterocycles. The van der Waals surface area contributed by atoms with Crippen LogP contribution in [-0.2, 0) is 10.1 Å². The number of hydrogen-bond donors (Lipinski definition) is 0. The van der Waals surface area contributed by atoms with Gasteiger partial charge in [0.2, 0.25) is 0 Å². The third kappa shape index (κ3) is 9.45. The zero-order chi connectivity index (χ0) is 21.8. The smallest absolute Gasteiger partial charge is 0.485 e. The Balaban J connectivity index is 0.000000769. The molecule has 0 aliphatic carbocycles. The molecule has 1 fully saturated rings. The molecule has 10 heteroatoms. The fourth-order valence-corrected chi connectivity index (χ4v) is 3.03. The maximum atomic E-state index is 10.7. The summed E-state index contributed by atoms with van der Waals surface area (Å²) in [5.74, 6) is 1.52. The van der Waals surface area contributed by atoms with Crippen molar-refractivity contribution < 1.29 is 30.7 Å². The number of halogens is 3. The van der Waals surface area contributed by atoms with E-state index in [1.807, 2.05) is 0 Å². The van der Waals surface area contributed by atoms with E-state index in [0.717, 1.165) is 13.1 Å². The molecular weight excluding hydrogens is 395 g/mol. The van der Waals surface area contributed by atoms with E-state index in [-0.39, 0.29) is 0 Å². The highest BCUT2D eigenvalue weighted by molar-refractivity contribution is 7.86. The lowest BCUT2D eigenvalue weighted by molar-refractivity contribution is -0.517. The van der Waals surface area contributed by atoms with Gasteiger partial charge in [0.15, 0.2) is 10.1 Å². The molecule has 1 saturated heterocycles. The van der Waals surface area contributed by atoms with Crippen molar-refractivity contribution in [3.8, 4) is 0 Å². The summed E-state index contributed by atoms with van der Waals surface area (Å²) in [5.41, 5.74) is -5.65. The molecular formula is C18H36F3N3O3S. The van der Waals surface area contributed by atoms with E-state index in [0.29, 0.717) is 0 Å². The van der Waals surface area contributed by atoms with Gasteiger partial charge in [0.05, 0.1) is 39.3 Å². The van der Waals surface area contributed by atoms with Crippen LogP contribution in [0.4, 0.5) is 13.2 Å². The van der Waals surface area contributed by atoms with E-state index < -0.39 is 15.6 Å². The number of rotatable bonds is 8. The topological polar surface area (TPSA) is 66.7 Å². The first-order valence-corrected chi connectivity index (χ1v) is 11.6. The molecule has 0 unspecified atom stereocenters. The van der Waals surface area contributed by atoms with Crippen molar-refractivity contribution in [3.63, 3.8) is 0 Å². The van der Waals surface area contributed by atoms with Crippen LogP contribution < -0.4 is 0 Å². The van der Waals surface area contributed by atoms with Crippen LogP contribution >= 0.6 is 0 Å². The van der Waals surface area contributed by atoms with Gasteiger partial charge in [0, 0.05) is 0 Å². The molecule has 28 heavy (non-hydrogen) atoms. The summed E-state index contributed by atoms with van der Waals surface area (Å²) in [6, 6.07) is 0. The van der Waals surface area contributed by atoms with Crippen LogP contribution in [0, 0.1) is 0 Å². The third-order valence-corrected chi connectivity index (χ3v) is 5.13. The molecule has 1 rings (SSSR count). The lowest BCUT2D eigenvalue weighted by Gasteiger charge is -2.28. The van der Waals surface area contributed by atoms with E-state index in [1.165, 1.54) is 70.7 Å². The standard InChI is InChI=1S/C17H36N3.CHF3O3S/c1-5-9-13-19(14-10-6-2)17(18(7-3)8-4)20-15-11-12-16-20;2-1(3,4)8(5,6)7/h5-16H2,1-4H3;(H,5,6,7)/q+1;/p-1. The molecule has 1 aliphatic heterocycles. The molecule has 0 spiro atoms. The Morgan fingerprint density at radius 1 is 0.929 bits per heavy atom. The molecule has 0 atom stereocenters. The molecule has 0 aromatic rings. The van der Waals surface area contributed by atoms with Gasteiger partial charge < -0.3 is 4.55 Å². The number of nitrogens with zero attached hydrogens (tertiary/aromatic N) is 3. The van der Waals surface area contributed by atoms with Crippen LogP contribution in [0.15, 0.2) is 0 Å². The lowest BCUT2D eigenvalue weighted by Crippen LogP contribution is -2.50. The SMILES string of the molecule is CCCCN(CCCC)C(N(CC)CC)=[N+]1CCCC1.O=S(=O)([O-])C(F)(F)F. The summed E-state index contributed by atoms with van der Waals surface area (Å²) in [7, 11) is -6.09. The maximum Gasteiger partial charge on any atom is 0.485 e. The number of alkyl halides is 3. The zero-order valence-corrected chi connectivity index (χ0v) is 18.4. The van der Waals surface area contributed by atoms with E-state index in [1.54, 1.807) is 0 Å². The minimum atomic E-state index is -6.09. The predicted molar refractivity (Wildman–Crippen MR) is 104 cm³/mol. The number of guanidine groups is 1. The predicted octanol–water partition coefficient (Wildman–Crippen LogP) is 3.44. The summed E-state index contributed by atoms with van der Waals surface area (Å²) in [5, 5.41) is 0. The van der Waals surface area contributed by atoms with Gasteiger partial charge in [-0.25, -0.2) is 8.42 Å². The first-order chi connectivity index (χ1) is 13.0. The first-order valence-electron chi connectivity index (χ1n) is 10.2. The Kier molecular flexibility index (Phi) is 12.8. The van der Waals surface area contributed by atoms with Crippen molar-refractivity contribution >= 4 is 16.1 Å². The summed E-state index contributed by atoms with van der Waals surface area (Å²) in [6.07, 6.45) is 7.91. The Morgan fingerprint density at radius 2 is 1.32 bits per heavy atom. The van der Waals surface area contributed by atoms with Gasteiger partial charge in [-0.05, 0) is 39.5 Å². The van der Waals surface area contributed by atoms with E-state index >= 15 is 0 Å². The highest BCUT2D eigenvalue weighted by atomic mass is 32.2. The van der Waals surface area contributed by atoms with Crippen molar-refractivity contribution in [2.75, 3.05) is 39.3 Å². The highest BCUT2D eigenvalue weighted by Crippen LogP contribution is 2.20. The van der Waals surface area contributed by atoms with Crippen molar-refractivity contribution in [3.05, 3.63) is 0 Å². The van der Waals surface area contributed by atoms with Crippen LogP contribution in [0.25, 0.3) is 0 Å². The lowest BCUT2D eigenvalue weighted by atomic mass is 10.2. The van der Waals surface area contributed by atoms with Crippen molar-refractivity contribution in [1.29, 1.82) is 0 Å². The van der Waals surface area contributed by atoms with Crippen LogP contribution in [-0.4, -0.2) is 78.1 Å². The van der Waals surface area contributed by atoms with E-state index in [2.05, 4.69) is 42.1 Å². The normalized spacial score (nSPS) is 14.5. The van der Waals surface area contributed by atoms with Gasteiger partial charge in [0.1, 0.15) is 0 Å². The second kappa shape index (κ2) is 13.2. The van der Waals surface area contributed by atoms with Gasteiger partial charge in [-0.3, -0.25) is 14.4 Å². The molecule has 0 aromatic heterocycles. The number of unbranched alkanes of at least 4 members (excludes halogenated alkanes) is 2. The summed E-state index contributed by atoms with van der Waals surface area (Å²) < 4.78 is 61.5. The molecule has 0 aromatic carbocycles. The van der Waals surface area contributed by atoms with Crippen LogP contribution in [0.2, 0.25) is 0 Å². The molecule has 0 saturated carbocycles. The molecule has 0 bridgehead atoms. The van der Waals surface area contributed by atoms with Gasteiger partial charge >= 0.3 is 11.5 Å². The van der Waals surface area contributed by atoms with Crippen molar-refractivity contribution in [1.82, 2.24) is 9.80 Å². The second-order valence-corrected chi connectivity index (χ2v) is 8.13. The Labute approximate surface area is 168 Å². The van der Waals surface area contributed by atoms with Gasteiger partial charge in [-0.15, -0.1) is 0 Å². The first kappa shape index (κ1) is 27.0. The molecule has 0 radical (unpaired) electrons. The summed E-state index contributed by atoms with van der Waals surface area (Å²) in [4.78, 5) is 5.24. The van der Waals surface area contributed by atoms with E-state index in [4.69, 9.17) is 13.0 Å². The maximum absolute atomic E-state index is 10.7. The van der Waals surface area contributed by atoms with Gasteiger partial charge in [0.25, 0.3) is 0 Å². The largest absolute Gasteiger partial charge is 0.741 e. The summed E-state index contributed by atoms with van der Waals surface area (Å²) in [6.45, 7) is 16.4. The van der Waals surface area contributed by atoms with Crippen LogP contribution in [0.5, 0.6) is 0 Å². The Morgan fingerprint density at radius 3 is 1.61 bits per heavy atom. The average molecular weight is 432 g/mol. The zero-order valence-electron chi connectivity index (χ0n) is 17.6. The quantitative estimate of drug-likeness (QED) is 0.255. The molecule has 1 aliphatic rings. The monoisotopic (exact) mass is 431 g/mol. The molecule has 0 N–H and O–H groups in total. The minimum Gasteiger partial charge on any atom is -0.741 e. The van der Waals surface area contributed by atoms with E-state index in [9.17, 15) is 13.2 Å². The highest BCUT2D eigenvalue weighted by Gasteiger charge is 2.37. The summed E-state index contributed by atoms with van der Waals surface area (Å²) >= 11 is 0. The second-order valence-electron chi connectivity index (χ2n) is 6.76. The molecule has 168 valence electrons. The number of hydrogen-bond acceptors (Lipinski definition) is 3. The Hall–Kier alpha value is -1.03. The van der Waals surface area contributed by atoms with Crippen LogP contribution in [0.3, 0.4) is 0 Å². The van der Waals surface area contributed by atoms with Crippen molar-refractivity contribution in [2.24, 2.45) is 0 Å². The van der Waals surface area contributed by atoms with Gasteiger partial charge in [-0.1, -0.05) is 26.7 Å². The third-order valence-electron chi connectivity index (χ3n) is 4.56. The van der Waals surface area contributed by atoms with Crippen molar-refractivity contribution in [2.45, 2.75) is 71.7 Å². The average Bonchev–Trinajstić information content (AvgIpc) is 3.13. The molecule has 0 amide bonds. The minimum absolute atomic E-state index is 1.12. The van der Waals surface area contributed by atoms with Crippen LogP contribution in [0.1, 0.15) is 66.2 Å².